The fraction of sp³-hybridized carbons (Fsp3) is 0.111. The predicted molar refractivity (Wildman–Crippen MR) is 97.1 cm³/mol. The van der Waals surface area contributed by atoms with Crippen LogP contribution in [0.15, 0.2) is 41.2 Å². The number of pyridine rings is 1. The van der Waals surface area contributed by atoms with Crippen LogP contribution in [-0.4, -0.2) is 20.7 Å². The molecule has 0 saturated carbocycles. The highest BCUT2D eigenvalue weighted by atomic mass is 35.5. The van der Waals surface area contributed by atoms with E-state index in [1.54, 1.807) is 25.2 Å². The first-order valence-electron chi connectivity index (χ1n) is 7.31. The van der Waals surface area contributed by atoms with Crippen molar-refractivity contribution in [2.24, 2.45) is 7.05 Å². The van der Waals surface area contributed by atoms with Gasteiger partial charge in [0.15, 0.2) is 0 Å². The minimum atomic E-state index is -1.11. The summed E-state index contributed by atoms with van der Waals surface area (Å²) < 4.78 is 1.38. The number of carbonyl (C=O) groups is 1. The van der Waals surface area contributed by atoms with Crippen LogP contribution in [0.25, 0.3) is 10.9 Å². The highest BCUT2D eigenvalue weighted by molar-refractivity contribution is 6.42. The molecule has 25 heavy (non-hydrogen) atoms. The molecule has 0 bridgehead atoms. The van der Waals surface area contributed by atoms with Crippen molar-refractivity contribution in [2.75, 3.05) is 0 Å². The third-order valence-electron chi connectivity index (χ3n) is 4.07. The van der Waals surface area contributed by atoms with E-state index in [2.05, 4.69) is 0 Å². The Kier molecular flexibility index (Phi) is 4.45. The average molecular weight is 378 g/mol. The molecule has 0 spiro atoms. The maximum absolute atomic E-state index is 12.6. The van der Waals surface area contributed by atoms with Crippen LogP contribution in [0.3, 0.4) is 0 Å². The zero-order valence-electron chi connectivity index (χ0n) is 13.1. The normalized spacial score (nSPS) is 11.0. The number of aromatic hydroxyl groups is 1. The molecule has 128 valence electrons. The van der Waals surface area contributed by atoms with Crippen LogP contribution in [0.1, 0.15) is 21.5 Å². The van der Waals surface area contributed by atoms with Gasteiger partial charge >= 0.3 is 5.97 Å². The smallest absolute Gasteiger partial charge is 0.335 e. The Morgan fingerprint density at radius 2 is 1.84 bits per heavy atom. The van der Waals surface area contributed by atoms with Gasteiger partial charge in [-0.1, -0.05) is 29.3 Å². The lowest BCUT2D eigenvalue weighted by Crippen LogP contribution is -2.22. The average Bonchev–Trinajstić information content (AvgIpc) is 2.59. The van der Waals surface area contributed by atoms with Gasteiger partial charge < -0.3 is 14.8 Å². The lowest BCUT2D eigenvalue weighted by Gasteiger charge is -2.13. The second-order valence-electron chi connectivity index (χ2n) is 5.65. The van der Waals surface area contributed by atoms with Crippen molar-refractivity contribution in [3.63, 3.8) is 0 Å². The molecule has 0 aliphatic carbocycles. The van der Waals surface area contributed by atoms with Crippen molar-refractivity contribution >= 4 is 40.1 Å². The second-order valence-corrected chi connectivity index (χ2v) is 6.47. The van der Waals surface area contributed by atoms with Crippen molar-refractivity contribution < 1.29 is 15.0 Å². The monoisotopic (exact) mass is 377 g/mol. The number of rotatable bonds is 3. The summed E-state index contributed by atoms with van der Waals surface area (Å²) in [6.45, 7) is 0. The third kappa shape index (κ3) is 3.08. The largest absolute Gasteiger partial charge is 0.507 e. The molecule has 0 fully saturated rings. The minimum absolute atomic E-state index is 0.0296. The molecule has 7 heteroatoms. The molecule has 1 aromatic heterocycles. The van der Waals surface area contributed by atoms with Gasteiger partial charge in [-0.2, -0.15) is 0 Å². The van der Waals surface area contributed by atoms with E-state index in [0.29, 0.717) is 26.5 Å². The van der Waals surface area contributed by atoms with E-state index in [-0.39, 0.29) is 28.9 Å². The highest BCUT2D eigenvalue weighted by Crippen LogP contribution is 2.30. The van der Waals surface area contributed by atoms with Crippen LogP contribution in [0.2, 0.25) is 10.0 Å². The number of benzene rings is 2. The number of fused-ring (bicyclic) bond motifs is 1. The highest BCUT2D eigenvalue weighted by Gasteiger charge is 2.17. The van der Waals surface area contributed by atoms with Crippen molar-refractivity contribution in [1.82, 2.24) is 4.57 Å². The lowest BCUT2D eigenvalue weighted by atomic mass is 10.0. The standard InChI is InChI=1S/C18H13Cl2NO4/c1-21-15-5-3-10(18(24)25)8-11(15)16(22)12(17(21)23)6-9-2-4-13(19)14(20)7-9/h2-5,7-8,22H,6H2,1H3,(H,24,25). The summed E-state index contributed by atoms with van der Waals surface area (Å²) in [5.41, 5.74) is 0.984. The summed E-state index contributed by atoms with van der Waals surface area (Å²) in [5.74, 6) is -1.34. The Balaban J connectivity index is 2.21. The quantitative estimate of drug-likeness (QED) is 0.726. The van der Waals surface area contributed by atoms with Gasteiger partial charge in [-0.05, 0) is 35.9 Å². The summed E-state index contributed by atoms with van der Waals surface area (Å²) in [6.07, 6.45) is 0.142. The maximum atomic E-state index is 12.6. The molecule has 3 aromatic rings. The summed E-state index contributed by atoms with van der Waals surface area (Å²) >= 11 is 11.9. The number of aromatic nitrogens is 1. The number of carboxylic acids is 1. The van der Waals surface area contributed by atoms with Crippen LogP contribution in [0.5, 0.6) is 5.75 Å². The summed E-state index contributed by atoms with van der Waals surface area (Å²) in [5, 5.41) is 20.8. The zero-order valence-corrected chi connectivity index (χ0v) is 14.6. The summed E-state index contributed by atoms with van der Waals surface area (Å²) in [6, 6.07) is 9.20. The summed E-state index contributed by atoms with van der Waals surface area (Å²) in [7, 11) is 1.57. The van der Waals surface area contributed by atoms with Gasteiger partial charge in [-0.3, -0.25) is 4.79 Å². The molecule has 0 amide bonds. The number of nitrogens with zero attached hydrogens (tertiary/aromatic N) is 1. The van der Waals surface area contributed by atoms with Crippen LogP contribution < -0.4 is 5.56 Å². The SMILES string of the molecule is Cn1c(=O)c(Cc2ccc(Cl)c(Cl)c2)c(O)c2cc(C(=O)O)ccc21. The summed E-state index contributed by atoms with van der Waals surface area (Å²) in [4.78, 5) is 23.8. The van der Waals surface area contributed by atoms with Gasteiger partial charge in [0.1, 0.15) is 5.75 Å². The number of aryl methyl sites for hydroxylation is 1. The van der Waals surface area contributed by atoms with Crippen LogP contribution in [0.4, 0.5) is 0 Å². The molecular formula is C18H13Cl2NO4. The molecule has 2 N–H and O–H groups in total. The minimum Gasteiger partial charge on any atom is -0.507 e. The molecule has 3 rings (SSSR count). The Labute approximate surface area is 152 Å². The van der Waals surface area contributed by atoms with E-state index in [0.717, 1.165) is 0 Å². The van der Waals surface area contributed by atoms with Crippen LogP contribution in [-0.2, 0) is 13.5 Å². The second kappa shape index (κ2) is 6.43. The molecule has 0 aliphatic heterocycles. The van der Waals surface area contributed by atoms with Crippen molar-refractivity contribution in [3.8, 4) is 5.75 Å². The van der Waals surface area contributed by atoms with Crippen LogP contribution >= 0.6 is 23.2 Å². The van der Waals surface area contributed by atoms with Gasteiger partial charge in [0.25, 0.3) is 5.56 Å². The Bertz CT molecular complexity index is 1070. The first-order valence-corrected chi connectivity index (χ1v) is 8.07. The lowest BCUT2D eigenvalue weighted by molar-refractivity contribution is 0.0697. The van der Waals surface area contributed by atoms with E-state index >= 15 is 0 Å². The van der Waals surface area contributed by atoms with Gasteiger partial charge in [0.05, 0.1) is 26.7 Å². The Morgan fingerprint density at radius 1 is 1.12 bits per heavy atom. The number of hydrogen-bond acceptors (Lipinski definition) is 3. The van der Waals surface area contributed by atoms with Crippen molar-refractivity contribution in [2.45, 2.75) is 6.42 Å². The number of hydrogen-bond donors (Lipinski definition) is 2. The zero-order chi connectivity index (χ0) is 18.3. The Hall–Kier alpha value is -2.50. The first-order chi connectivity index (χ1) is 11.8. The van der Waals surface area contributed by atoms with E-state index < -0.39 is 5.97 Å². The molecule has 5 nitrogen and oxygen atoms in total. The van der Waals surface area contributed by atoms with Crippen molar-refractivity contribution in [1.29, 1.82) is 0 Å². The van der Waals surface area contributed by atoms with Gasteiger partial charge in [0.2, 0.25) is 0 Å². The van der Waals surface area contributed by atoms with Crippen molar-refractivity contribution in [3.05, 3.63) is 73.5 Å². The first kappa shape index (κ1) is 17.3. The molecular weight excluding hydrogens is 365 g/mol. The van der Waals surface area contributed by atoms with E-state index in [1.807, 2.05) is 0 Å². The topological polar surface area (TPSA) is 79.5 Å². The van der Waals surface area contributed by atoms with E-state index in [9.17, 15) is 14.7 Å². The molecule has 1 heterocycles. The number of carboxylic acid groups (broad SMARTS) is 1. The number of aromatic carboxylic acids is 1. The molecule has 0 atom stereocenters. The molecule has 0 radical (unpaired) electrons. The van der Waals surface area contributed by atoms with Gasteiger partial charge in [-0.25, -0.2) is 4.79 Å². The van der Waals surface area contributed by atoms with Gasteiger partial charge in [-0.15, -0.1) is 0 Å². The van der Waals surface area contributed by atoms with Crippen LogP contribution in [0, 0.1) is 0 Å². The van der Waals surface area contributed by atoms with E-state index in [4.69, 9.17) is 28.3 Å². The maximum Gasteiger partial charge on any atom is 0.335 e. The number of halogens is 2. The predicted octanol–water partition coefficient (Wildman–Crippen LogP) is 3.84. The molecule has 0 aliphatic rings. The molecule has 0 unspecified atom stereocenters. The fourth-order valence-electron chi connectivity index (χ4n) is 2.74. The Morgan fingerprint density at radius 3 is 2.48 bits per heavy atom. The van der Waals surface area contributed by atoms with Gasteiger partial charge in [0, 0.05) is 18.9 Å². The fourth-order valence-corrected chi connectivity index (χ4v) is 3.06. The molecule has 0 saturated heterocycles. The third-order valence-corrected chi connectivity index (χ3v) is 4.81. The molecule has 2 aromatic carbocycles. The van der Waals surface area contributed by atoms with E-state index in [1.165, 1.54) is 22.8 Å².